The smallest absolute Gasteiger partial charge is 0.319 e. The second-order valence-corrected chi connectivity index (χ2v) is 10.5. The average Bonchev–Trinajstić information content (AvgIpc) is 3.43. The first-order valence-electron chi connectivity index (χ1n) is 9.09. The summed E-state index contributed by atoms with van der Waals surface area (Å²) in [7, 11) is 1.84. The molecule has 1 fully saturated rings. The van der Waals surface area contributed by atoms with Crippen molar-refractivity contribution in [2.24, 2.45) is 5.10 Å². The van der Waals surface area contributed by atoms with Crippen molar-refractivity contribution >= 4 is 66.5 Å². The Bertz CT molecular complexity index is 993. The lowest BCUT2D eigenvalue weighted by atomic mass is 9.99. The monoisotopic (exact) mass is 481 g/mol. The Morgan fingerprint density at radius 1 is 1.32 bits per heavy atom. The van der Waals surface area contributed by atoms with E-state index in [1.165, 1.54) is 35.6 Å². The summed E-state index contributed by atoms with van der Waals surface area (Å²) < 4.78 is -0.375. The van der Waals surface area contributed by atoms with Gasteiger partial charge in [0.25, 0.3) is 0 Å². The highest BCUT2D eigenvalue weighted by Gasteiger charge is 2.42. The molecular formula is C20H21BrClN3O2S. The predicted octanol–water partition coefficient (Wildman–Crippen LogP) is 5.67. The third-order valence-electron chi connectivity index (χ3n) is 5.15. The van der Waals surface area contributed by atoms with Crippen LogP contribution in [0.2, 0.25) is 5.02 Å². The fourth-order valence-corrected chi connectivity index (χ4v) is 5.67. The second-order valence-electron chi connectivity index (χ2n) is 7.69. The summed E-state index contributed by atoms with van der Waals surface area (Å²) in [5, 5.41) is 18.8. The molecule has 28 heavy (non-hydrogen) atoms. The van der Waals surface area contributed by atoms with Crippen molar-refractivity contribution in [2.45, 2.75) is 42.9 Å². The summed E-state index contributed by atoms with van der Waals surface area (Å²) in [5.74, 6) is -0.292. The van der Waals surface area contributed by atoms with E-state index in [2.05, 4.69) is 39.2 Å². The molecule has 0 spiro atoms. The van der Waals surface area contributed by atoms with E-state index >= 15 is 0 Å². The first kappa shape index (κ1) is 19.9. The molecule has 0 amide bonds. The maximum Gasteiger partial charge on any atom is 0.319 e. The summed E-state index contributed by atoms with van der Waals surface area (Å²) in [4.78, 5) is 13.7. The lowest BCUT2D eigenvalue weighted by Gasteiger charge is -2.34. The molecule has 0 bridgehead atoms. The third-order valence-corrected chi connectivity index (χ3v) is 7.47. The number of fused-ring (bicyclic) bond motifs is 1. The zero-order valence-corrected chi connectivity index (χ0v) is 19.0. The highest BCUT2D eigenvalue weighted by Crippen LogP contribution is 2.49. The molecule has 1 aliphatic carbocycles. The fraction of sp³-hybridized carbons (Fsp3) is 0.400. The summed E-state index contributed by atoms with van der Waals surface area (Å²) in [6.45, 7) is 3.41. The number of amidine groups is 1. The van der Waals surface area contributed by atoms with Crippen LogP contribution in [0.1, 0.15) is 38.2 Å². The molecule has 1 atom stereocenters. The highest BCUT2D eigenvalue weighted by atomic mass is 79.9. The number of halogens is 2. The van der Waals surface area contributed by atoms with Crippen LogP contribution in [0.25, 0.3) is 10.8 Å². The lowest BCUT2D eigenvalue weighted by molar-refractivity contribution is -0.138. The maximum atomic E-state index is 11.7. The Labute approximate surface area is 181 Å². The molecule has 2 aliphatic rings. The van der Waals surface area contributed by atoms with E-state index in [4.69, 9.17) is 11.6 Å². The number of carboxylic acid groups (broad SMARTS) is 1. The van der Waals surface area contributed by atoms with Crippen molar-refractivity contribution in [1.82, 2.24) is 5.01 Å². The van der Waals surface area contributed by atoms with Crippen molar-refractivity contribution in [3.63, 3.8) is 0 Å². The topological polar surface area (TPSA) is 56.1 Å². The molecule has 1 heterocycles. The summed E-state index contributed by atoms with van der Waals surface area (Å²) in [6, 6.07) is 10.3. The largest absolute Gasteiger partial charge is 0.480 e. The molecule has 2 aromatic rings. The van der Waals surface area contributed by atoms with Crippen molar-refractivity contribution < 1.29 is 9.90 Å². The fourth-order valence-electron chi connectivity index (χ4n) is 3.46. The van der Waals surface area contributed by atoms with Gasteiger partial charge in [0, 0.05) is 12.4 Å². The van der Waals surface area contributed by atoms with Gasteiger partial charge < -0.3 is 5.11 Å². The number of thioether (sulfide) groups is 1. The Balaban J connectivity index is 1.86. The molecule has 148 valence electrons. The molecule has 1 unspecified atom stereocenters. The Kier molecular flexibility index (Phi) is 5.04. The summed E-state index contributed by atoms with van der Waals surface area (Å²) >= 11 is 11.7. The molecule has 0 radical (unpaired) electrons. The van der Waals surface area contributed by atoms with E-state index in [0.29, 0.717) is 15.7 Å². The average molecular weight is 483 g/mol. The standard InChI is InChI=1S/C20H21BrClN3O2S/c1-20(2,17(26)27)28-19-24(3)23-18(21)25(19)16-13-7-5-4-6-12(13)14(10-15(16)22)11-8-9-11/h4-7,10-11,19H,8-9H2,1-3H3,(H,26,27). The van der Waals surface area contributed by atoms with Gasteiger partial charge in [0.2, 0.25) is 0 Å². The summed E-state index contributed by atoms with van der Waals surface area (Å²) in [5.41, 5.74) is 1.80. The number of carboxylic acids is 1. The van der Waals surface area contributed by atoms with E-state index in [1.54, 1.807) is 18.9 Å². The Morgan fingerprint density at radius 3 is 2.57 bits per heavy atom. The van der Waals surface area contributed by atoms with Gasteiger partial charge in [-0.15, -0.1) is 5.10 Å². The van der Waals surface area contributed by atoms with E-state index in [1.807, 2.05) is 24.1 Å². The minimum Gasteiger partial charge on any atom is -0.480 e. The number of anilines is 1. The number of carbonyl (C=O) groups is 1. The Hall–Kier alpha value is -1.44. The number of nitrogens with zero attached hydrogens (tertiary/aromatic N) is 3. The van der Waals surface area contributed by atoms with Gasteiger partial charge in [-0.05, 0) is 65.6 Å². The third kappa shape index (κ3) is 3.37. The van der Waals surface area contributed by atoms with Crippen LogP contribution in [0, 0.1) is 0 Å². The van der Waals surface area contributed by atoms with Crippen LogP contribution in [0.15, 0.2) is 35.4 Å². The zero-order valence-electron chi connectivity index (χ0n) is 15.8. The van der Waals surface area contributed by atoms with E-state index in [-0.39, 0.29) is 5.50 Å². The number of aliphatic carboxylic acids is 1. The van der Waals surface area contributed by atoms with Crippen LogP contribution < -0.4 is 4.90 Å². The molecular weight excluding hydrogens is 462 g/mol. The van der Waals surface area contributed by atoms with Crippen LogP contribution in [0.4, 0.5) is 5.69 Å². The Morgan fingerprint density at radius 2 is 1.96 bits per heavy atom. The van der Waals surface area contributed by atoms with Crippen LogP contribution in [0.5, 0.6) is 0 Å². The highest BCUT2D eigenvalue weighted by molar-refractivity contribution is 9.18. The first-order chi connectivity index (χ1) is 13.2. The molecule has 1 saturated carbocycles. The van der Waals surface area contributed by atoms with E-state index in [9.17, 15) is 9.90 Å². The van der Waals surface area contributed by atoms with Crippen LogP contribution in [-0.4, -0.2) is 38.1 Å². The van der Waals surface area contributed by atoms with Gasteiger partial charge in [0.05, 0.1) is 10.7 Å². The minimum atomic E-state index is -0.986. The summed E-state index contributed by atoms with van der Waals surface area (Å²) in [6.07, 6.45) is 2.39. The second kappa shape index (κ2) is 7.11. The number of benzene rings is 2. The molecule has 2 aromatic carbocycles. The number of hydrogen-bond acceptors (Lipinski definition) is 5. The predicted molar refractivity (Wildman–Crippen MR) is 121 cm³/mol. The molecule has 8 heteroatoms. The molecule has 1 N–H and O–H groups in total. The first-order valence-corrected chi connectivity index (χ1v) is 11.1. The van der Waals surface area contributed by atoms with Crippen molar-refractivity contribution in [3.8, 4) is 0 Å². The molecule has 0 saturated heterocycles. The van der Waals surface area contributed by atoms with Gasteiger partial charge in [-0.2, -0.15) is 0 Å². The zero-order chi connectivity index (χ0) is 20.2. The number of hydrogen-bond donors (Lipinski definition) is 1. The van der Waals surface area contributed by atoms with Crippen molar-refractivity contribution in [1.29, 1.82) is 0 Å². The molecule has 0 aromatic heterocycles. The SMILES string of the molecule is CN1N=C(Br)N(c2c(Cl)cc(C3CC3)c3ccccc23)C1SC(C)(C)C(=O)O. The number of rotatable bonds is 5. The maximum absolute atomic E-state index is 11.7. The van der Waals surface area contributed by atoms with Gasteiger partial charge in [0.1, 0.15) is 4.75 Å². The number of hydrazone groups is 1. The quantitative estimate of drug-likeness (QED) is 0.557. The normalized spacial score (nSPS) is 20.0. The van der Waals surface area contributed by atoms with Crippen LogP contribution >= 0.6 is 39.3 Å². The van der Waals surface area contributed by atoms with Gasteiger partial charge in [0.15, 0.2) is 10.2 Å². The lowest BCUT2D eigenvalue weighted by Crippen LogP contribution is -2.42. The van der Waals surface area contributed by atoms with Gasteiger partial charge in [-0.3, -0.25) is 14.7 Å². The van der Waals surface area contributed by atoms with Crippen molar-refractivity contribution in [3.05, 3.63) is 40.9 Å². The minimum absolute atomic E-state index is 0.340. The van der Waals surface area contributed by atoms with Crippen molar-refractivity contribution in [2.75, 3.05) is 11.9 Å². The molecule has 5 nitrogen and oxygen atoms in total. The van der Waals surface area contributed by atoms with Gasteiger partial charge in [-0.1, -0.05) is 47.6 Å². The molecule has 4 rings (SSSR count). The van der Waals surface area contributed by atoms with Crippen LogP contribution in [-0.2, 0) is 4.79 Å². The van der Waals surface area contributed by atoms with Gasteiger partial charge in [-0.25, -0.2) is 0 Å². The van der Waals surface area contributed by atoms with E-state index < -0.39 is 10.7 Å². The van der Waals surface area contributed by atoms with Gasteiger partial charge >= 0.3 is 5.97 Å². The molecule has 1 aliphatic heterocycles. The van der Waals surface area contributed by atoms with Crippen LogP contribution in [0.3, 0.4) is 0 Å². The van der Waals surface area contributed by atoms with E-state index in [0.717, 1.165) is 11.1 Å².